The van der Waals surface area contributed by atoms with Crippen LogP contribution in [0, 0.1) is 0 Å². The average Bonchev–Trinajstić information content (AvgIpc) is 3.08. The molecule has 8 heteroatoms. The monoisotopic (exact) mass is 474 g/mol. The highest BCUT2D eigenvalue weighted by atomic mass is 79.9. The number of halogens is 1. The van der Waals surface area contributed by atoms with Crippen LogP contribution in [-0.4, -0.2) is 35.6 Å². The van der Waals surface area contributed by atoms with Crippen molar-refractivity contribution in [3.05, 3.63) is 64.1 Å². The summed E-state index contributed by atoms with van der Waals surface area (Å²) in [6, 6.07) is 13.8. The number of carbonyl (C=O) groups is 3. The van der Waals surface area contributed by atoms with Crippen LogP contribution in [0.2, 0.25) is 0 Å². The number of benzene rings is 2. The minimum absolute atomic E-state index is 0.0694. The molecule has 1 saturated heterocycles. The van der Waals surface area contributed by atoms with Crippen molar-refractivity contribution in [1.82, 2.24) is 4.90 Å². The number of anilines is 1. The van der Waals surface area contributed by atoms with Crippen molar-refractivity contribution in [2.75, 3.05) is 12.0 Å². The third kappa shape index (κ3) is 5.38. The zero-order valence-corrected chi connectivity index (χ0v) is 18.3. The molecule has 0 bridgehead atoms. The summed E-state index contributed by atoms with van der Waals surface area (Å²) in [6.45, 7) is 3.88. The topological polar surface area (TPSA) is 84.9 Å². The van der Waals surface area contributed by atoms with Crippen molar-refractivity contribution in [1.29, 1.82) is 0 Å². The molecule has 1 fully saturated rings. The summed E-state index contributed by atoms with van der Waals surface area (Å²) in [7, 11) is 0. The number of cyclic esters (lactones) is 1. The van der Waals surface area contributed by atoms with Crippen molar-refractivity contribution in [3.63, 3.8) is 0 Å². The molecule has 0 aliphatic carbocycles. The van der Waals surface area contributed by atoms with Gasteiger partial charge in [0.05, 0.1) is 6.42 Å². The number of esters is 1. The summed E-state index contributed by atoms with van der Waals surface area (Å²) >= 11 is 3.43. The summed E-state index contributed by atoms with van der Waals surface area (Å²) in [4.78, 5) is 38.3. The molecule has 158 valence electrons. The molecule has 2 amide bonds. The Morgan fingerprint density at radius 3 is 2.67 bits per heavy atom. The standard InChI is InChI=1S/C22H23BrN2O5/c1-14(2)17-10-16(23)8-9-18(17)24-20(26)11-19-21(27)30-13-25(19)22(28)29-12-15-6-4-3-5-7-15/h3-10,14,19H,11-13H2,1-2H3,(H,24,26)/t19-/m0/s1. The Morgan fingerprint density at radius 2 is 1.97 bits per heavy atom. The Bertz CT molecular complexity index is 932. The molecule has 0 saturated carbocycles. The van der Waals surface area contributed by atoms with Gasteiger partial charge in [-0.05, 0) is 35.2 Å². The molecule has 1 atom stereocenters. The van der Waals surface area contributed by atoms with Crippen molar-refractivity contribution in [2.45, 2.75) is 38.8 Å². The maximum absolute atomic E-state index is 12.6. The van der Waals surface area contributed by atoms with E-state index in [2.05, 4.69) is 21.2 Å². The van der Waals surface area contributed by atoms with Gasteiger partial charge < -0.3 is 14.8 Å². The van der Waals surface area contributed by atoms with Gasteiger partial charge in [0.25, 0.3) is 0 Å². The molecule has 0 aromatic heterocycles. The summed E-state index contributed by atoms with van der Waals surface area (Å²) in [5, 5.41) is 2.84. The Morgan fingerprint density at radius 1 is 1.23 bits per heavy atom. The number of hydrogen-bond donors (Lipinski definition) is 1. The van der Waals surface area contributed by atoms with Crippen LogP contribution in [0.5, 0.6) is 0 Å². The second-order valence-electron chi connectivity index (χ2n) is 7.26. The Kier molecular flexibility index (Phi) is 7.10. The predicted molar refractivity (Wildman–Crippen MR) is 115 cm³/mol. The average molecular weight is 475 g/mol. The van der Waals surface area contributed by atoms with Crippen molar-refractivity contribution in [3.8, 4) is 0 Å². The third-order valence-corrected chi connectivity index (χ3v) is 5.22. The quantitative estimate of drug-likeness (QED) is 0.626. The van der Waals surface area contributed by atoms with Crippen LogP contribution >= 0.6 is 15.9 Å². The van der Waals surface area contributed by atoms with E-state index in [1.807, 2.05) is 56.3 Å². The lowest BCUT2D eigenvalue weighted by Crippen LogP contribution is -2.40. The molecule has 0 unspecified atom stereocenters. The molecular weight excluding hydrogens is 452 g/mol. The second-order valence-corrected chi connectivity index (χ2v) is 8.17. The van der Waals surface area contributed by atoms with Crippen LogP contribution in [0.4, 0.5) is 10.5 Å². The maximum Gasteiger partial charge on any atom is 0.413 e. The van der Waals surface area contributed by atoms with E-state index in [1.54, 1.807) is 6.07 Å². The largest absolute Gasteiger partial charge is 0.444 e. The SMILES string of the molecule is CC(C)c1cc(Br)ccc1NC(=O)C[C@H]1C(=O)OCN1C(=O)OCc1ccccc1. The van der Waals surface area contributed by atoms with E-state index in [0.29, 0.717) is 5.69 Å². The molecule has 0 spiro atoms. The summed E-state index contributed by atoms with van der Waals surface area (Å²) < 4.78 is 11.2. The predicted octanol–water partition coefficient (Wildman–Crippen LogP) is 4.42. The van der Waals surface area contributed by atoms with Gasteiger partial charge in [0, 0.05) is 10.2 Å². The molecule has 1 heterocycles. The Labute approximate surface area is 183 Å². The van der Waals surface area contributed by atoms with Gasteiger partial charge in [-0.2, -0.15) is 0 Å². The normalized spacial score (nSPS) is 15.8. The second kappa shape index (κ2) is 9.75. The molecule has 3 rings (SSSR count). The van der Waals surface area contributed by atoms with E-state index in [0.717, 1.165) is 20.5 Å². The van der Waals surface area contributed by atoms with Crippen LogP contribution in [-0.2, 0) is 25.7 Å². The molecule has 2 aromatic carbocycles. The van der Waals surface area contributed by atoms with Gasteiger partial charge in [-0.3, -0.25) is 9.69 Å². The zero-order chi connectivity index (χ0) is 21.7. The van der Waals surface area contributed by atoms with Crippen LogP contribution in [0.1, 0.15) is 37.3 Å². The number of ether oxygens (including phenoxy) is 2. The van der Waals surface area contributed by atoms with Crippen molar-refractivity contribution < 1.29 is 23.9 Å². The summed E-state index contributed by atoms with van der Waals surface area (Å²) in [6.07, 6.45) is -0.915. The lowest BCUT2D eigenvalue weighted by atomic mass is 10.0. The van der Waals surface area contributed by atoms with E-state index in [9.17, 15) is 14.4 Å². The maximum atomic E-state index is 12.6. The van der Waals surface area contributed by atoms with Crippen LogP contribution in [0.15, 0.2) is 53.0 Å². The zero-order valence-electron chi connectivity index (χ0n) is 16.8. The molecular formula is C22H23BrN2O5. The summed E-state index contributed by atoms with van der Waals surface area (Å²) in [5.74, 6) is -0.815. The van der Waals surface area contributed by atoms with Crippen molar-refractivity contribution in [2.24, 2.45) is 0 Å². The molecule has 0 radical (unpaired) electrons. The first kappa shape index (κ1) is 21.8. The first-order valence-electron chi connectivity index (χ1n) is 9.58. The van der Waals surface area contributed by atoms with E-state index in [-0.39, 0.29) is 31.6 Å². The Balaban J connectivity index is 1.63. The fourth-order valence-corrected chi connectivity index (χ4v) is 3.50. The number of carbonyl (C=O) groups excluding carboxylic acids is 3. The van der Waals surface area contributed by atoms with E-state index < -0.39 is 18.1 Å². The number of amides is 2. The lowest BCUT2D eigenvalue weighted by molar-refractivity contribution is -0.140. The van der Waals surface area contributed by atoms with Crippen LogP contribution in [0.25, 0.3) is 0 Å². The fourth-order valence-electron chi connectivity index (χ4n) is 3.12. The highest BCUT2D eigenvalue weighted by Crippen LogP contribution is 2.28. The first-order valence-corrected chi connectivity index (χ1v) is 10.4. The minimum atomic E-state index is -1.02. The fraction of sp³-hybridized carbons (Fsp3) is 0.318. The van der Waals surface area contributed by atoms with Gasteiger partial charge in [0.1, 0.15) is 12.6 Å². The lowest BCUT2D eigenvalue weighted by Gasteiger charge is -2.20. The highest BCUT2D eigenvalue weighted by Gasteiger charge is 2.40. The molecule has 2 aromatic rings. The molecule has 1 N–H and O–H groups in total. The molecule has 1 aliphatic rings. The van der Waals surface area contributed by atoms with Gasteiger partial charge in [-0.25, -0.2) is 9.59 Å². The van der Waals surface area contributed by atoms with E-state index >= 15 is 0 Å². The van der Waals surface area contributed by atoms with E-state index in [4.69, 9.17) is 9.47 Å². The highest BCUT2D eigenvalue weighted by molar-refractivity contribution is 9.10. The van der Waals surface area contributed by atoms with Gasteiger partial charge in [0.2, 0.25) is 5.91 Å². The third-order valence-electron chi connectivity index (χ3n) is 4.72. The first-order chi connectivity index (χ1) is 14.3. The van der Waals surface area contributed by atoms with Gasteiger partial charge in [-0.1, -0.05) is 60.1 Å². The van der Waals surface area contributed by atoms with Crippen molar-refractivity contribution >= 4 is 39.6 Å². The Hall–Kier alpha value is -2.87. The smallest absolute Gasteiger partial charge is 0.413 e. The van der Waals surface area contributed by atoms with Crippen LogP contribution < -0.4 is 5.32 Å². The minimum Gasteiger partial charge on any atom is -0.444 e. The summed E-state index contributed by atoms with van der Waals surface area (Å²) in [5.41, 5.74) is 2.46. The van der Waals surface area contributed by atoms with E-state index in [1.165, 1.54) is 0 Å². The van der Waals surface area contributed by atoms with Crippen LogP contribution in [0.3, 0.4) is 0 Å². The number of hydrogen-bond acceptors (Lipinski definition) is 5. The number of nitrogens with one attached hydrogen (secondary N) is 1. The van der Waals surface area contributed by atoms with Gasteiger partial charge in [0.15, 0.2) is 6.73 Å². The van der Waals surface area contributed by atoms with Gasteiger partial charge in [-0.15, -0.1) is 0 Å². The number of nitrogens with zero attached hydrogens (tertiary/aromatic N) is 1. The molecule has 30 heavy (non-hydrogen) atoms. The number of rotatable bonds is 6. The molecule has 7 nitrogen and oxygen atoms in total. The molecule has 1 aliphatic heterocycles. The van der Waals surface area contributed by atoms with Gasteiger partial charge >= 0.3 is 12.1 Å².